The van der Waals surface area contributed by atoms with Crippen molar-refractivity contribution in [2.45, 2.75) is 27.1 Å². The van der Waals surface area contributed by atoms with Crippen molar-refractivity contribution < 1.29 is 18.8 Å². The summed E-state index contributed by atoms with van der Waals surface area (Å²) in [5, 5.41) is 4.47. The highest BCUT2D eigenvalue weighted by Crippen LogP contribution is 2.23. The molecule has 1 aromatic heterocycles. The number of para-hydroxylation sites is 1. The highest BCUT2D eigenvalue weighted by Gasteiger charge is 2.17. The van der Waals surface area contributed by atoms with Gasteiger partial charge in [0.25, 0.3) is 0 Å². The molecular weight excluding hydrogens is 354 g/mol. The van der Waals surface area contributed by atoms with Gasteiger partial charge < -0.3 is 14.0 Å². The van der Waals surface area contributed by atoms with E-state index in [0.717, 1.165) is 11.1 Å². The molecule has 0 fully saturated rings. The van der Waals surface area contributed by atoms with Crippen LogP contribution in [-0.4, -0.2) is 11.1 Å². The molecule has 0 unspecified atom stereocenters. The second-order valence-electron chi connectivity index (χ2n) is 5.76. The molecule has 5 nitrogen and oxygen atoms in total. The lowest BCUT2D eigenvalue weighted by Gasteiger charge is -2.12. The Labute approximate surface area is 156 Å². The summed E-state index contributed by atoms with van der Waals surface area (Å²) < 4.78 is 16.3. The fraction of sp³-hybridized carbons (Fsp3) is 0.200. The van der Waals surface area contributed by atoms with Crippen molar-refractivity contribution in [3.05, 3.63) is 81.7 Å². The molecule has 0 bridgehead atoms. The Morgan fingerprint density at radius 3 is 2.54 bits per heavy atom. The predicted octanol–water partition coefficient (Wildman–Crippen LogP) is 4.88. The molecule has 3 rings (SSSR count). The fourth-order valence-electron chi connectivity index (χ4n) is 2.46. The first-order chi connectivity index (χ1) is 12.6. The normalized spacial score (nSPS) is 10.6. The van der Waals surface area contributed by atoms with Gasteiger partial charge in [-0.1, -0.05) is 47.1 Å². The van der Waals surface area contributed by atoms with E-state index in [0.29, 0.717) is 27.8 Å². The number of ether oxygens (including phenoxy) is 2. The zero-order chi connectivity index (χ0) is 18.5. The zero-order valence-electron chi connectivity index (χ0n) is 14.5. The van der Waals surface area contributed by atoms with Crippen LogP contribution in [0.1, 0.15) is 32.9 Å². The second-order valence-corrected chi connectivity index (χ2v) is 6.16. The van der Waals surface area contributed by atoms with Crippen LogP contribution in [0.25, 0.3) is 0 Å². The van der Waals surface area contributed by atoms with E-state index in [1.165, 1.54) is 0 Å². The van der Waals surface area contributed by atoms with Crippen LogP contribution in [0.4, 0.5) is 0 Å². The first-order valence-electron chi connectivity index (χ1n) is 8.10. The van der Waals surface area contributed by atoms with Crippen molar-refractivity contribution in [3.8, 4) is 5.75 Å². The van der Waals surface area contributed by atoms with Crippen LogP contribution in [0.2, 0.25) is 5.02 Å². The molecule has 1 heterocycles. The molecule has 0 atom stereocenters. The smallest absolute Gasteiger partial charge is 0.342 e. The number of aromatic nitrogens is 1. The predicted molar refractivity (Wildman–Crippen MR) is 97.3 cm³/mol. The lowest BCUT2D eigenvalue weighted by atomic mass is 10.2. The first-order valence-corrected chi connectivity index (χ1v) is 8.48. The van der Waals surface area contributed by atoms with Gasteiger partial charge in [-0.25, -0.2) is 4.79 Å². The van der Waals surface area contributed by atoms with Gasteiger partial charge in [-0.2, -0.15) is 0 Å². The van der Waals surface area contributed by atoms with E-state index in [4.69, 9.17) is 25.6 Å². The number of halogens is 1. The molecular formula is C20H18ClNO4. The summed E-state index contributed by atoms with van der Waals surface area (Å²) >= 11 is 6.14. The summed E-state index contributed by atoms with van der Waals surface area (Å²) in [6.07, 6.45) is 0. The van der Waals surface area contributed by atoms with Gasteiger partial charge in [0.15, 0.2) is 0 Å². The molecule has 3 aromatic rings. The third-order valence-electron chi connectivity index (χ3n) is 3.98. The number of aryl methyl sites for hydroxylation is 2. The molecule has 0 saturated heterocycles. The summed E-state index contributed by atoms with van der Waals surface area (Å²) in [6.45, 7) is 3.94. The Bertz CT molecular complexity index is 900. The van der Waals surface area contributed by atoms with Gasteiger partial charge in [0, 0.05) is 10.6 Å². The lowest BCUT2D eigenvalue weighted by molar-refractivity contribution is 0.0465. The van der Waals surface area contributed by atoms with E-state index in [9.17, 15) is 4.79 Å². The number of esters is 1. The fourth-order valence-corrected chi connectivity index (χ4v) is 2.65. The van der Waals surface area contributed by atoms with Crippen LogP contribution in [0.15, 0.2) is 53.1 Å². The monoisotopic (exact) mass is 371 g/mol. The molecule has 0 spiro atoms. The van der Waals surface area contributed by atoms with E-state index in [2.05, 4.69) is 5.16 Å². The number of carbonyl (C=O) groups excluding carboxylic acids is 1. The highest BCUT2D eigenvalue weighted by atomic mass is 35.5. The average Bonchev–Trinajstić information content (AvgIpc) is 2.97. The Hall–Kier alpha value is -2.79. The second kappa shape index (κ2) is 8.06. The molecule has 0 N–H and O–H groups in total. The zero-order valence-corrected chi connectivity index (χ0v) is 15.2. The van der Waals surface area contributed by atoms with Gasteiger partial charge in [-0.3, -0.25) is 0 Å². The number of hydrogen-bond acceptors (Lipinski definition) is 5. The average molecular weight is 372 g/mol. The van der Waals surface area contributed by atoms with Gasteiger partial charge in [0.05, 0.1) is 11.3 Å². The van der Waals surface area contributed by atoms with Crippen LogP contribution in [0.5, 0.6) is 5.75 Å². The number of hydrogen-bond donors (Lipinski definition) is 0. The third-order valence-corrected chi connectivity index (χ3v) is 4.35. The molecule has 6 heteroatoms. The van der Waals surface area contributed by atoms with Gasteiger partial charge in [-0.05, 0) is 32.0 Å². The Kier molecular flexibility index (Phi) is 5.58. The summed E-state index contributed by atoms with van der Waals surface area (Å²) in [5.41, 5.74) is 2.67. The number of nitrogens with zero attached hydrogens (tertiary/aromatic N) is 1. The molecule has 2 aromatic carbocycles. The number of carbonyl (C=O) groups is 1. The maximum Gasteiger partial charge on any atom is 0.342 e. The minimum absolute atomic E-state index is 0.0961. The molecule has 0 saturated carbocycles. The topological polar surface area (TPSA) is 61.6 Å². The van der Waals surface area contributed by atoms with Crippen molar-refractivity contribution >= 4 is 17.6 Å². The van der Waals surface area contributed by atoms with E-state index in [1.54, 1.807) is 44.2 Å². The summed E-state index contributed by atoms with van der Waals surface area (Å²) in [5.74, 6) is 0.606. The summed E-state index contributed by atoms with van der Waals surface area (Å²) in [4.78, 5) is 12.5. The van der Waals surface area contributed by atoms with Crippen molar-refractivity contribution in [1.29, 1.82) is 0 Å². The Morgan fingerprint density at radius 1 is 1.08 bits per heavy atom. The standard InChI is InChI=1S/C20H18ClNO4/c1-13-17(14(2)26-22-13)12-25-20(23)16-8-4-6-10-19(16)24-11-15-7-3-5-9-18(15)21/h3-10H,11-12H2,1-2H3. The van der Waals surface area contributed by atoms with Crippen LogP contribution in [-0.2, 0) is 18.0 Å². The number of benzene rings is 2. The molecule has 0 aliphatic heterocycles. The first kappa shape index (κ1) is 18.0. The van der Waals surface area contributed by atoms with E-state index >= 15 is 0 Å². The quantitative estimate of drug-likeness (QED) is 0.578. The van der Waals surface area contributed by atoms with Gasteiger partial charge >= 0.3 is 5.97 Å². The number of rotatable bonds is 6. The molecule has 0 aliphatic rings. The van der Waals surface area contributed by atoms with E-state index in [1.807, 2.05) is 18.2 Å². The maximum atomic E-state index is 12.5. The molecule has 0 aliphatic carbocycles. The molecule has 134 valence electrons. The molecule has 26 heavy (non-hydrogen) atoms. The van der Waals surface area contributed by atoms with Crippen molar-refractivity contribution in [1.82, 2.24) is 5.16 Å². The van der Waals surface area contributed by atoms with Crippen molar-refractivity contribution in [2.24, 2.45) is 0 Å². The van der Waals surface area contributed by atoms with Crippen molar-refractivity contribution in [3.63, 3.8) is 0 Å². The van der Waals surface area contributed by atoms with Crippen LogP contribution < -0.4 is 4.74 Å². The van der Waals surface area contributed by atoms with E-state index in [-0.39, 0.29) is 13.2 Å². The SMILES string of the molecule is Cc1noc(C)c1COC(=O)c1ccccc1OCc1ccccc1Cl. The van der Waals surface area contributed by atoms with Gasteiger partial charge in [-0.15, -0.1) is 0 Å². The van der Waals surface area contributed by atoms with Gasteiger partial charge in [0.1, 0.15) is 30.3 Å². The van der Waals surface area contributed by atoms with Crippen LogP contribution in [0, 0.1) is 13.8 Å². The lowest BCUT2D eigenvalue weighted by Crippen LogP contribution is -2.09. The minimum Gasteiger partial charge on any atom is -0.488 e. The minimum atomic E-state index is -0.472. The van der Waals surface area contributed by atoms with Crippen LogP contribution in [0.3, 0.4) is 0 Å². The maximum absolute atomic E-state index is 12.5. The van der Waals surface area contributed by atoms with Crippen LogP contribution >= 0.6 is 11.6 Å². The van der Waals surface area contributed by atoms with E-state index < -0.39 is 5.97 Å². The summed E-state index contributed by atoms with van der Waals surface area (Å²) in [7, 11) is 0. The molecule has 0 radical (unpaired) electrons. The largest absolute Gasteiger partial charge is 0.488 e. The molecule has 0 amide bonds. The summed E-state index contributed by atoms with van der Waals surface area (Å²) in [6, 6.07) is 14.4. The van der Waals surface area contributed by atoms with Gasteiger partial charge in [0.2, 0.25) is 0 Å². The Morgan fingerprint density at radius 2 is 1.81 bits per heavy atom. The highest BCUT2D eigenvalue weighted by molar-refractivity contribution is 6.31. The van der Waals surface area contributed by atoms with Crippen molar-refractivity contribution in [2.75, 3.05) is 0 Å². The third kappa shape index (κ3) is 4.06. The Balaban J connectivity index is 1.70.